The van der Waals surface area contributed by atoms with Crippen molar-refractivity contribution in [3.05, 3.63) is 71.3 Å². The molecule has 0 unspecified atom stereocenters. The lowest BCUT2D eigenvalue weighted by Crippen LogP contribution is -2.43. The first kappa shape index (κ1) is 19.5. The molecule has 26 heavy (non-hydrogen) atoms. The van der Waals surface area contributed by atoms with Crippen molar-refractivity contribution in [1.29, 1.82) is 0 Å². The van der Waals surface area contributed by atoms with Gasteiger partial charge in [-0.3, -0.25) is 4.79 Å². The van der Waals surface area contributed by atoms with E-state index in [1.165, 1.54) is 19.2 Å². The molecule has 1 amide bonds. The topological polar surface area (TPSA) is 55.4 Å². The molecule has 1 atom stereocenters. The lowest BCUT2D eigenvalue weighted by Gasteiger charge is -2.17. The van der Waals surface area contributed by atoms with Crippen LogP contribution in [-0.2, 0) is 33.3 Å². The first-order chi connectivity index (χ1) is 12.3. The number of amides is 1. The normalized spacial score (nSPS) is 12.3. The van der Waals surface area contributed by atoms with Crippen LogP contribution in [0.4, 0.5) is 13.2 Å². The van der Waals surface area contributed by atoms with Crippen LogP contribution >= 0.6 is 0 Å². The second kappa shape index (κ2) is 8.51. The fraction of sp³-hybridized carbons (Fsp3) is 0.263. The van der Waals surface area contributed by atoms with Gasteiger partial charge < -0.3 is 10.1 Å². The molecular weight excluding hydrogens is 347 g/mol. The molecule has 0 aromatic heterocycles. The number of rotatable bonds is 6. The SMILES string of the molecule is COC(=O)[C@H](Cc1ccc(C(F)(F)F)cc1)NC(=O)Cc1ccccc1. The molecule has 0 aliphatic heterocycles. The van der Waals surface area contributed by atoms with Crippen LogP contribution in [0.3, 0.4) is 0 Å². The maximum Gasteiger partial charge on any atom is 0.416 e. The Morgan fingerprint density at radius 1 is 1.00 bits per heavy atom. The van der Waals surface area contributed by atoms with Gasteiger partial charge in [-0.15, -0.1) is 0 Å². The average molecular weight is 365 g/mol. The zero-order valence-electron chi connectivity index (χ0n) is 14.0. The number of benzene rings is 2. The molecule has 1 N–H and O–H groups in total. The Kier molecular flexibility index (Phi) is 6.38. The third-order valence-corrected chi connectivity index (χ3v) is 3.75. The molecule has 0 bridgehead atoms. The monoisotopic (exact) mass is 365 g/mol. The Morgan fingerprint density at radius 2 is 1.62 bits per heavy atom. The van der Waals surface area contributed by atoms with Gasteiger partial charge in [-0.25, -0.2) is 4.79 Å². The van der Waals surface area contributed by atoms with Gasteiger partial charge in [0.05, 0.1) is 19.1 Å². The molecule has 0 saturated carbocycles. The third kappa shape index (κ3) is 5.61. The maximum atomic E-state index is 12.6. The number of halogens is 3. The summed E-state index contributed by atoms with van der Waals surface area (Å²) in [4.78, 5) is 24.1. The average Bonchev–Trinajstić information content (AvgIpc) is 2.61. The van der Waals surface area contributed by atoms with Crippen LogP contribution in [0.25, 0.3) is 0 Å². The largest absolute Gasteiger partial charge is 0.467 e. The van der Waals surface area contributed by atoms with Crippen molar-refractivity contribution in [2.75, 3.05) is 7.11 Å². The van der Waals surface area contributed by atoms with Crippen LogP contribution in [0.15, 0.2) is 54.6 Å². The van der Waals surface area contributed by atoms with E-state index in [2.05, 4.69) is 10.1 Å². The van der Waals surface area contributed by atoms with E-state index in [4.69, 9.17) is 0 Å². The fourth-order valence-corrected chi connectivity index (χ4v) is 2.43. The molecule has 7 heteroatoms. The Morgan fingerprint density at radius 3 is 2.15 bits per heavy atom. The van der Waals surface area contributed by atoms with E-state index in [1.807, 2.05) is 6.07 Å². The van der Waals surface area contributed by atoms with E-state index in [0.717, 1.165) is 17.7 Å². The summed E-state index contributed by atoms with van der Waals surface area (Å²) < 4.78 is 42.5. The molecule has 0 fully saturated rings. The zero-order chi connectivity index (χ0) is 19.2. The van der Waals surface area contributed by atoms with E-state index in [0.29, 0.717) is 5.56 Å². The second-order valence-electron chi connectivity index (χ2n) is 5.70. The summed E-state index contributed by atoms with van der Waals surface area (Å²) in [5.41, 5.74) is 0.487. The van der Waals surface area contributed by atoms with Crippen molar-refractivity contribution in [1.82, 2.24) is 5.32 Å². The summed E-state index contributed by atoms with van der Waals surface area (Å²) in [5.74, 6) is -1.04. The molecule has 2 aromatic carbocycles. The summed E-state index contributed by atoms with van der Waals surface area (Å²) in [6.07, 6.45) is -4.31. The van der Waals surface area contributed by atoms with Gasteiger partial charge in [0, 0.05) is 6.42 Å². The Bertz CT molecular complexity index is 743. The zero-order valence-corrected chi connectivity index (χ0v) is 14.0. The summed E-state index contributed by atoms with van der Waals surface area (Å²) in [7, 11) is 1.19. The van der Waals surface area contributed by atoms with E-state index in [1.54, 1.807) is 24.3 Å². The van der Waals surface area contributed by atoms with Gasteiger partial charge in [-0.05, 0) is 23.3 Å². The van der Waals surface area contributed by atoms with Gasteiger partial charge in [0.2, 0.25) is 5.91 Å². The Hall–Kier alpha value is -2.83. The number of hydrogen-bond acceptors (Lipinski definition) is 3. The number of hydrogen-bond donors (Lipinski definition) is 1. The highest BCUT2D eigenvalue weighted by molar-refractivity contribution is 5.85. The van der Waals surface area contributed by atoms with Crippen molar-refractivity contribution in [2.24, 2.45) is 0 Å². The molecule has 0 spiro atoms. The second-order valence-corrected chi connectivity index (χ2v) is 5.70. The lowest BCUT2D eigenvalue weighted by atomic mass is 10.0. The number of methoxy groups -OCH3 is 1. The molecule has 0 aliphatic carbocycles. The van der Waals surface area contributed by atoms with Crippen LogP contribution in [-0.4, -0.2) is 25.0 Å². The van der Waals surface area contributed by atoms with Gasteiger partial charge in [0.25, 0.3) is 0 Å². The summed E-state index contributed by atoms with van der Waals surface area (Å²) in [5, 5.41) is 2.57. The number of ether oxygens (including phenoxy) is 1. The fourth-order valence-electron chi connectivity index (χ4n) is 2.43. The molecule has 138 valence electrons. The molecule has 4 nitrogen and oxygen atoms in total. The lowest BCUT2D eigenvalue weighted by molar-refractivity contribution is -0.145. The maximum absolute atomic E-state index is 12.6. The van der Waals surface area contributed by atoms with Crippen molar-refractivity contribution in [3.8, 4) is 0 Å². The predicted molar refractivity (Wildman–Crippen MR) is 89.2 cm³/mol. The first-order valence-corrected chi connectivity index (χ1v) is 7.87. The van der Waals surface area contributed by atoms with Crippen LogP contribution in [0, 0.1) is 0 Å². The van der Waals surface area contributed by atoms with Crippen molar-refractivity contribution < 1.29 is 27.5 Å². The third-order valence-electron chi connectivity index (χ3n) is 3.75. The molecule has 2 aromatic rings. The van der Waals surface area contributed by atoms with E-state index in [-0.39, 0.29) is 18.7 Å². The number of carbonyl (C=O) groups is 2. The van der Waals surface area contributed by atoms with Crippen LogP contribution in [0.1, 0.15) is 16.7 Å². The number of esters is 1. The molecule has 0 radical (unpaired) electrons. The van der Waals surface area contributed by atoms with Gasteiger partial charge >= 0.3 is 12.1 Å². The Balaban J connectivity index is 2.05. The summed E-state index contributed by atoms with van der Waals surface area (Å²) in [6.45, 7) is 0. The van der Waals surface area contributed by atoms with Gasteiger partial charge in [-0.2, -0.15) is 13.2 Å². The van der Waals surface area contributed by atoms with Crippen molar-refractivity contribution in [2.45, 2.75) is 25.1 Å². The highest BCUT2D eigenvalue weighted by atomic mass is 19.4. The van der Waals surface area contributed by atoms with E-state index >= 15 is 0 Å². The minimum Gasteiger partial charge on any atom is -0.467 e. The number of carbonyl (C=O) groups excluding carboxylic acids is 2. The van der Waals surface area contributed by atoms with Gasteiger partial charge in [0.15, 0.2) is 0 Å². The highest BCUT2D eigenvalue weighted by Gasteiger charge is 2.30. The molecular formula is C19H18F3NO3. The van der Waals surface area contributed by atoms with Crippen molar-refractivity contribution in [3.63, 3.8) is 0 Å². The minimum atomic E-state index is -4.43. The summed E-state index contributed by atoms with van der Waals surface area (Å²) >= 11 is 0. The number of nitrogens with one attached hydrogen (secondary N) is 1. The van der Waals surface area contributed by atoms with Crippen molar-refractivity contribution >= 4 is 11.9 Å². The summed E-state index contributed by atoms with van der Waals surface area (Å²) in [6, 6.07) is 12.4. The molecule has 2 rings (SSSR count). The molecule has 0 aliphatic rings. The van der Waals surface area contributed by atoms with Gasteiger partial charge in [0.1, 0.15) is 6.04 Å². The molecule has 0 saturated heterocycles. The Labute approximate surface area is 149 Å². The van der Waals surface area contributed by atoms with Crippen LogP contribution < -0.4 is 5.32 Å². The van der Waals surface area contributed by atoms with Crippen LogP contribution in [0.5, 0.6) is 0 Å². The predicted octanol–water partition coefficient (Wildman–Crippen LogP) is 3.15. The first-order valence-electron chi connectivity index (χ1n) is 7.87. The standard InChI is InChI=1S/C19H18F3NO3/c1-26-18(25)16(23-17(24)12-13-5-3-2-4-6-13)11-14-7-9-15(10-8-14)19(20,21)22/h2-10,16H,11-12H2,1H3,(H,23,24)/t16-/m0/s1. The quantitative estimate of drug-likeness (QED) is 0.800. The molecule has 0 heterocycles. The number of alkyl halides is 3. The smallest absolute Gasteiger partial charge is 0.416 e. The minimum absolute atomic E-state index is 0.0331. The van der Waals surface area contributed by atoms with Crippen LogP contribution in [0.2, 0.25) is 0 Å². The highest BCUT2D eigenvalue weighted by Crippen LogP contribution is 2.29. The van der Waals surface area contributed by atoms with Gasteiger partial charge in [-0.1, -0.05) is 42.5 Å². The van der Waals surface area contributed by atoms with E-state index < -0.39 is 23.8 Å². The van der Waals surface area contributed by atoms with E-state index in [9.17, 15) is 22.8 Å².